The molecular formula is C12H18N6. The summed E-state index contributed by atoms with van der Waals surface area (Å²) in [5.74, 6) is 1.13. The molecule has 2 N–H and O–H groups in total. The van der Waals surface area contributed by atoms with E-state index in [0.29, 0.717) is 23.4 Å². The first-order valence-electron chi connectivity index (χ1n) is 6.13. The molecule has 0 bridgehead atoms. The molecule has 0 saturated carbocycles. The molecule has 0 aliphatic carbocycles. The molecule has 1 aliphatic heterocycles. The van der Waals surface area contributed by atoms with E-state index in [0.717, 1.165) is 13.1 Å². The summed E-state index contributed by atoms with van der Waals surface area (Å²) in [5, 5.41) is 15.2. The highest BCUT2D eigenvalue weighted by Crippen LogP contribution is 2.17. The van der Waals surface area contributed by atoms with Crippen LogP contribution in [0.3, 0.4) is 0 Å². The lowest BCUT2D eigenvalue weighted by Crippen LogP contribution is -2.32. The predicted molar refractivity (Wildman–Crippen MR) is 70.4 cm³/mol. The lowest BCUT2D eigenvalue weighted by atomic mass is 10.2. The van der Waals surface area contributed by atoms with Gasteiger partial charge >= 0.3 is 0 Å². The van der Waals surface area contributed by atoms with E-state index in [1.165, 1.54) is 12.8 Å². The van der Waals surface area contributed by atoms with Crippen LogP contribution in [0.15, 0.2) is 6.20 Å². The molecule has 0 radical (unpaired) electrons. The minimum absolute atomic E-state index is 0.481. The Kier molecular flexibility index (Phi) is 3.95. The summed E-state index contributed by atoms with van der Waals surface area (Å²) >= 11 is 0. The van der Waals surface area contributed by atoms with Crippen LogP contribution in [0.25, 0.3) is 0 Å². The molecule has 96 valence electrons. The van der Waals surface area contributed by atoms with Gasteiger partial charge in [-0.25, -0.2) is 4.98 Å². The highest BCUT2D eigenvalue weighted by molar-refractivity contribution is 5.53. The Hall–Kier alpha value is -1.87. The molecule has 0 spiro atoms. The monoisotopic (exact) mass is 246 g/mol. The van der Waals surface area contributed by atoms with Crippen LogP contribution in [-0.2, 0) is 0 Å². The third-order valence-electron chi connectivity index (χ3n) is 3.31. The highest BCUT2D eigenvalue weighted by atomic mass is 15.2. The van der Waals surface area contributed by atoms with E-state index >= 15 is 0 Å². The van der Waals surface area contributed by atoms with Gasteiger partial charge in [-0.2, -0.15) is 10.2 Å². The van der Waals surface area contributed by atoms with E-state index in [1.807, 2.05) is 0 Å². The van der Waals surface area contributed by atoms with Crippen molar-refractivity contribution in [1.82, 2.24) is 14.9 Å². The first kappa shape index (κ1) is 12.6. The topological polar surface area (TPSA) is 76.9 Å². The largest absolute Gasteiger partial charge is 0.367 e. The Morgan fingerprint density at radius 2 is 2.44 bits per heavy atom. The normalized spacial score (nSPS) is 19.5. The van der Waals surface area contributed by atoms with Crippen molar-refractivity contribution in [3.63, 3.8) is 0 Å². The zero-order chi connectivity index (χ0) is 13.0. The molecule has 0 amide bonds. The number of anilines is 2. The summed E-state index contributed by atoms with van der Waals surface area (Å²) in [7, 11) is 3.89. The van der Waals surface area contributed by atoms with Crippen LogP contribution < -0.4 is 10.6 Å². The number of nitrogens with one attached hydrogen (secondary N) is 2. The Morgan fingerprint density at radius 1 is 1.61 bits per heavy atom. The van der Waals surface area contributed by atoms with Crippen molar-refractivity contribution in [1.29, 1.82) is 5.26 Å². The first-order valence-corrected chi connectivity index (χ1v) is 6.13. The zero-order valence-corrected chi connectivity index (χ0v) is 10.8. The van der Waals surface area contributed by atoms with Crippen LogP contribution in [0.4, 0.5) is 11.8 Å². The van der Waals surface area contributed by atoms with Crippen LogP contribution in [-0.4, -0.2) is 48.1 Å². The summed E-state index contributed by atoms with van der Waals surface area (Å²) in [5.41, 5.74) is 0.481. The zero-order valence-electron chi connectivity index (χ0n) is 10.8. The van der Waals surface area contributed by atoms with Crippen molar-refractivity contribution < 1.29 is 0 Å². The van der Waals surface area contributed by atoms with Crippen LogP contribution in [0.2, 0.25) is 0 Å². The molecule has 6 heteroatoms. The maximum Gasteiger partial charge on any atom is 0.224 e. The van der Waals surface area contributed by atoms with Gasteiger partial charge in [0.15, 0.2) is 0 Å². The van der Waals surface area contributed by atoms with E-state index in [4.69, 9.17) is 5.26 Å². The van der Waals surface area contributed by atoms with Crippen molar-refractivity contribution in [2.45, 2.75) is 18.9 Å². The third kappa shape index (κ3) is 2.68. The number of nitrogens with zero attached hydrogens (tertiary/aromatic N) is 4. The van der Waals surface area contributed by atoms with Gasteiger partial charge in [0, 0.05) is 19.6 Å². The van der Waals surface area contributed by atoms with E-state index in [2.05, 4.69) is 38.6 Å². The molecular weight excluding hydrogens is 228 g/mol. The number of likely N-dealkylation sites (tertiary alicyclic amines) is 1. The van der Waals surface area contributed by atoms with Crippen LogP contribution >= 0.6 is 0 Å². The maximum absolute atomic E-state index is 9.03. The first-order chi connectivity index (χ1) is 8.74. The highest BCUT2D eigenvalue weighted by Gasteiger charge is 2.20. The number of rotatable bonds is 4. The van der Waals surface area contributed by atoms with Gasteiger partial charge in [0.2, 0.25) is 5.95 Å². The van der Waals surface area contributed by atoms with Crippen molar-refractivity contribution in [2.75, 3.05) is 37.8 Å². The fourth-order valence-electron chi connectivity index (χ4n) is 2.17. The van der Waals surface area contributed by atoms with Gasteiger partial charge in [-0.3, -0.25) is 0 Å². The van der Waals surface area contributed by atoms with Crippen LogP contribution in [0, 0.1) is 11.3 Å². The van der Waals surface area contributed by atoms with Crippen molar-refractivity contribution in [3.8, 4) is 6.07 Å². The third-order valence-corrected chi connectivity index (χ3v) is 3.31. The average molecular weight is 246 g/mol. The second kappa shape index (κ2) is 5.65. The Bertz CT molecular complexity index is 452. The Morgan fingerprint density at radius 3 is 3.06 bits per heavy atom. The molecule has 1 atom stereocenters. The van der Waals surface area contributed by atoms with Crippen molar-refractivity contribution in [2.24, 2.45) is 0 Å². The number of hydrogen-bond donors (Lipinski definition) is 2. The van der Waals surface area contributed by atoms with Gasteiger partial charge in [-0.05, 0) is 26.4 Å². The lowest BCUT2D eigenvalue weighted by Gasteiger charge is -2.20. The number of hydrogen-bond acceptors (Lipinski definition) is 6. The van der Waals surface area contributed by atoms with Gasteiger partial charge in [0.05, 0.1) is 6.20 Å². The molecule has 18 heavy (non-hydrogen) atoms. The number of nitriles is 1. The molecule has 1 aromatic heterocycles. The molecule has 2 heterocycles. The van der Waals surface area contributed by atoms with Gasteiger partial charge in [0.1, 0.15) is 17.5 Å². The summed E-state index contributed by atoms with van der Waals surface area (Å²) in [4.78, 5) is 10.6. The Labute approximate surface area is 107 Å². The quantitative estimate of drug-likeness (QED) is 0.822. The van der Waals surface area contributed by atoms with Crippen LogP contribution in [0.1, 0.15) is 18.4 Å². The summed E-state index contributed by atoms with van der Waals surface area (Å²) in [6.07, 6.45) is 3.97. The van der Waals surface area contributed by atoms with E-state index in [-0.39, 0.29) is 0 Å². The molecule has 6 nitrogen and oxygen atoms in total. The predicted octanol–water partition coefficient (Wildman–Crippen LogP) is 0.896. The number of aromatic nitrogens is 2. The summed E-state index contributed by atoms with van der Waals surface area (Å²) in [6.45, 7) is 1.95. The Balaban J connectivity index is 2.05. The molecule has 0 aromatic carbocycles. The van der Waals surface area contributed by atoms with Gasteiger partial charge < -0.3 is 15.5 Å². The lowest BCUT2D eigenvalue weighted by molar-refractivity contribution is 0.322. The second-order valence-corrected chi connectivity index (χ2v) is 4.48. The SMILES string of the molecule is CNc1ncc(C#N)c(NCC2CCCN2C)n1. The molecule has 1 aliphatic rings. The van der Waals surface area contributed by atoms with E-state index in [1.54, 1.807) is 13.2 Å². The number of likely N-dealkylation sites (N-methyl/N-ethyl adjacent to an activating group) is 1. The van der Waals surface area contributed by atoms with Crippen molar-refractivity contribution >= 4 is 11.8 Å². The molecule has 1 saturated heterocycles. The van der Waals surface area contributed by atoms with Crippen LogP contribution in [0.5, 0.6) is 0 Å². The fraction of sp³-hybridized carbons (Fsp3) is 0.583. The van der Waals surface area contributed by atoms with E-state index in [9.17, 15) is 0 Å². The van der Waals surface area contributed by atoms with Crippen molar-refractivity contribution in [3.05, 3.63) is 11.8 Å². The summed E-state index contributed by atoms with van der Waals surface area (Å²) < 4.78 is 0. The minimum Gasteiger partial charge on any atom is -0.367 e. The summed E-state index contributed by atoms with van der Waals surface area (Å²) in [6, 6.07) is 2.62. The standard InChI is InChI=1S/C12H18N6/c1-14-12-16-7-9(6-13)11(17-12)15-8-10-4-3-5-18(10)2/h7,10H,3-5,8H2,1-2H3,(H2,14,15,16,17). The molecule has 1 aromatic rings. The van der Waals surface area contributed by atoms with Gasteiger partial charge in [0.25, 0.3) is 0 Å². The average Bonchev–Trinajstić information content (AvgIpc) is 2.81. The molecule has 2 rings (SSSR count). The van der Waals surface area contributed by atoms with Gasteiger partial charge in [-0.1, -0.05) is 0 Å². The second-order valence-electron chi connectivity index (χ2n) is 4.48. The maximum atomic E-state index is 9.03. The minimum atomic E-state index is 0.481. The fourth-order valence-corrected chi connectivity index (χ4v) is 2.17. The molecule has 1 unspecified atom stereocenters. The van der Waals surface area contributed by atoms with Gasteiger partial charge in [-0.15, -0.1) is 0 Å². The molecule has 1 fully saturated rings. The van der Waals surface area contributed by atoms with E-state index < -0.39 is 0 Å². The smallest absolute Gasteiger partial charge is 0.224 e.